The van der Waals surface area contributed by atoms with Gasteiger partial charge >= 0.3 is 0 Å². The fourth-order valence-corrected chi connectivity index (χ4v) is 2.17. The van der Waals surface area contributed by atoms with E-state index in [4.69, 9.17) is 22.6 Å². The Morgan fingerprint density at radius 2 is 2.36 bits per heavy atom. The summed E-state index contributed by atoms with van der Waals surface area (Å²) in [5.74, 6) is 0.842. The summed E-state index contributed by atoms with van der Waals surface area (Å²) in [4.78, 5) is 1.11. The SMILES string of the molecule is N#CC(N)CCSc1cccc(Cl)c1. The van der Waals surface area contributed by atoms with Crippen LogP contribution in [0.1, 0.15) is 6.42 Å². The topological polar surface area (TPSA) is 49.8 Å². The molecule has 0 saturated heterocycles. The second kappa shape index (κ2) is 5.92. The molecule has 0 aliphatic heterocycles. The van der Waals surface area contributed by atoms with Crippen LogP contribution < -0.4 is 5.73 Å². The normalized spacial score (nSPS) is 12.1. The average Bonchev–Trinajstić information content (AvgIpc) is 2.17. The predicted octanol–water partition coefficient (Wildman–Crippen LogP) is 2.67. The highest BCUT2D eigenvalue weighted by molar-refractivity contribution is 7.99. The summed E-state index contributed by atoms with van der Waals surface area (Å²) in [6.45, 7) is 0. The lowest BCUT2D eigenvalue weighted by Crippen LogP contribution is -2.17. The highest BCUT2D eigenvalue weighted by Gasteiger charge is 2.00. The Morgan fingerprint density at radius 3 is 3.00 bits per heavy atom. The van der Waals surface area contributed by atoms with E-state index in [1.807, 2.05) is 30.3 Å². The maximum Gasteiger partial charge on any atom is 0.0936 e. The van der Waals surface area contributed by atoms with Crippen molar-refractivity contribution in [3.05, 3.63) is 29.3 Å². The number of rotatable bonds is 4. The van der Waals surface area contributed by atoms with Crippen LogP contribution in [0.15, 0.2) is 29.2 Å². The second-order valence-corrected chi connectivity index (χ2v) is 4.43. The van der Waals surface area contributed by atoms with E-state index in [1.54, 1.807) is 11.8 Å². The number of nitriles is 1. The first kappa shape index (κ1) is 11.4. The molecule has 0 aromatic heterocycles. The molecule has 0 bridgehead atoms. The van der Waals surface area contributed by atoms with Crippen molar-refractivity contribution in [3.8, 4) is 6.07 Å². The van der Waals surface area contributed by atoms with Crippen LogP contribution >= 0.6 is 23.4 Å². The van der Waals surface area contributed by atoms with Gasteiger partial charge in [0, 0.05) is 15.7 Å². The van der Waals surface area contributed by atoms with E-state index < -0.39 is 0 Å². The molecule has 1 aromatic rings. The van der Waals surface area contributed by atoms with Gasteiger partial charge in [-0.2, -0.15) is 5.26 Å². The molecule has 2 nitrogen and oxygen atoms in total. The van der Waals surface area contributed by atoms with Gasteiger partial charge in [0.05, 0.1) is 12.1 Å². The summed E-state index contributed by atoms with van der Waals surface area (Å²) in [7, 11) is 0. The Labute approximate surface area is 93.1 Å². The number of nitrogens with two attached hydrogens (primary N) is 1. The van der Waals surface area contributed by atoms with Crippen LogP contribution in [-0.2, 0) is 0 Å². The van der Waals surface area contributed by atoms with Crippen LogP contribution in [0.2, 0.25) is 5.02 Å². The first-order valence-electron chi connectivity index (χ1n) is 4.26. The zero-order valence-electron chi connectivity index (χ0n) is 7.61. The smallest absolute Gasteiger partial charge is 0.0936 e. The molecule has 74 valence electrons. The van der Waals surface area contributed by atoms with Gasteiger partial charge in [0.1, 0.15) is 0 Å². The summed E-state index contributed by atoms with van der Waals surface area (Å²) in [6, 6.07) is 9.29. The van der Waals surface area contributed by atoms with Crippen molar-refractivity contribution in [1.29, 1.82) is 5.26 Å². The van der Waals surface area contributed by atoms with Crippen molar-refractivity contribution < 1.29 is 0 Å². The first-order valence-corrected chi connectivity index (χ1v) is 5.62. The maximum atomic E-state index is 8.47. The van der Waals surface area contributed by atoms with Crippen molar-refractivity contribution in [3.63, 3.8) is 0 Å². The van der Waals surface area contributed by atoms with Gasteiger partial charge in [-0.15, -0.1) is 11.8 Å². The van der Waals surface area contributed by atoms with Gasteiger partial charge < -0.3 is 5.73 Å². The molecule has 1 aromatic carbocycles. The number of thioether (sulfide) groups is 1. The number of nitrogens with zero attached hydrogens (tertiary/aromatic N) is 1. The van der Waals surface area contributed by atoms with Crippen LogP contribution in [0.25, 0.3) is 0 Å². The summed E-state index contributed by atoms with van der Waals surface area (Å²) in [5.41, 5.74) is 5.47. The Morgan fingerprint density at radius 1 is 1.57 bits per heavy atom. The fraction of sp³-hybridized carbons (Fsp3) is 0.300. The molecule has 1 unspecified atom stereocenters. The standard InChI is InChI=1S/C10H11ClN2S/c11-8-2-1-3-10(6-8)14-5-4-9(13)7-12/h1-3,6,9H,4-5,13H2. The number of hydrogen-bond donors (Lipinski definition) is 1. The van der Waals surface area contributed by atoms with Crippen molar-refractivity contribution in [2.75, 3.05) is 5.75 Å². The Bertz CT molecular complexity index is 335. The number of benzene rings is 1. The van der Waals surface area contributed by atoms with Crippen molar-refractivity contribution in [2.45, 2.75) is 17.4 Å². The molecule has 0 aliphatic carbocycles. The van der Waals surface area contributed by atoms with Gasteiger partial charge in [0.15, 0.2) is 0 Å². The minimum atomic E-state index is -0.360. The molecule has 0 saturated carbocycles. The molecule has 4 heteroatoms. The third kappa shape index (κ3) is 4.01. The fourth-order valence-electron chi connectivity index (χ4n) is 0.925. The lowest BCUT2D eigenvalue weighted by molar-refractivity contribution is 0.803. The van der Waals surface area contributed by atoms with E-state index in [1.165, 1.54) is 0 Å². The molecule has 14 heavy (non-hydrogen) atoms. The Kier molecular flexibility index (Phi) is 4.81. The van der Waals surface area contributed by atoms with Gasteiger partial charge in [0.25, 0.3) is 0 Å². The summed E-state index contributed by atoms with van der Waals surface area (Å²) < 4.78 is 0. The average molecular weight is 227 g/mol. The third-order valence-electron chi connectivity index (χ3n) is 1.66. The summed E-state index contributed by atoms with van der Waals surface area (Å²) >= 11 is 7.49. The van der Waals surface area contributed by atoms with E-state index in [0.717, 1.165) is 15.7 Å². The van der Waals surface area contributed by atoms with Gasteiger partial charge in [-0.3, -0.25) is 0 Å². The molecule has 0 heterocycles. The monoisotopic (exact) mass is 226 g/mol. The molecular weight excluding hydrogens is 216 g/mol. The highest BCUT2D eigenvalue weighted by atomic mass is 35.5. The molecule has 2 N–H and O–H groups in total. The van der Waals surface area contributed by atoms with E-state index in [-0.39, 0.29) is 6.04 Å². The van der Waals surface area contributed by atoms with Crippen LogP contribution in [0.4, 0.5) is 0 Å². The van der Waals surface area contributed by atoms with Crippen molar-refractivity contribution in [1.82, 2.24) is 0 Å². The van der Waals surface area contributed by atoms with E-state index in [9.17, 15) is 0 Å². The second-order valence-electron chi connectivity index (χ2n) is 2.83. The van der Waals surface area contributed by atoms with Crippen molar-refractivity contribution >= 4 is 23.4 Å². The van der Waals surface area contributed by atoms with Gasteiger partial charge in [-0.05, 0) is 24.6 Å². The number of hydrogen-bond acceptors (Lipinski definition) is 3. The zero-order valence-corrected chi connectivity index (χ0v) is 9.18. The summed E-state index contributed by atoms with van der Waals surface area (Å²) in [5, 5.41) is 9.21. The van der Waals surface area contributed by atoms with Crippen LogP contribution in [-0.4, -0.2) is 11.8 Å². The lowest BCUT2D eigenvalue weighted by Gasteiger charge is -2.02. The minimum absolute atomic E-state index is 0.360. The summed E-state index contributed by atoms with van der Waals surface area (Å²) in [6.07, 6.45) is 0.702. The predicted molar refractivity (Wildman–Crippen MR) is 60.4 cm³/mol. The first-order chi connectivity index (χ1) is 6.72. The molecule has 0 fully saturated rings. The molecule has 0 spiro atoms. The lowest BCUT2D eigenvalue weighted by atomic mass is 10.3. The van der Waals surface area contributed by atoms with Crippen LogP contribution in [0, 0.1) is 11.3 Å². The third-order valence-corrected chi connectivity index (χ3v) is 2.92. The Balaban J connectivity index is 2.36. The van der Waals surface area contributed by atoms with Gasteiger partial charge in [-0.25, -0.2) is 0 Å². The van der Waals surface area contributed by atoms with Gasteiger partial charge in [0.2, 0.25) is 0 Å². The van der Waals surface area contributed by atoms with E-state index in [0.29, 0.717) is 6.42 Å². The number of halogens is 1. The van der Waals surface area contributed by atoms with E-state index >= 15 is 0 Å². The van der Waals surface area contributed by atoms with Crippen LogP contribution in [0.5, 0.6) is 0 Å². The molecule has 0 aliphatic rings. The zero-order chi connectivity index (χ0) is 10.4. The van der Waals surface area contributed by atoms with Crippen molar-refractivity contribution in [2.24, 2.45) is 5.73 Å². The quantitative estimate of drug-likeness (QED) is 0.804. The van der Waals surface area contributed by atoms with Gasteiger partial charge in [-0.1, -0.05) is 17.7 Å². The Hall–Kier alpha value is -0.690. The highest BCUT2D eigenvalue weighted by Crippen LogP contribution is 2.22. The molecule has 1 atom stereocenters. The van der Waals surface area contributed by atoms with E-state index in [2.05, 4.69) is 0 Å². The minimum Gasteiger partial charge on any atom is -0.316 e. The molecule has 0 radical (unpaired) electrons. The molecule has 0 amide bonds. The maximum absolute atomic E-state index is 8.47. The largest absolute Gasteiger partial charge is 0.316 e. The molecule has 1 rings (SSSR count). The molecular formula is C10H11ClN2S. The van der Waals surface area contributed by atoms with Crippen LogP contribution in [0.3, 0.4) is 0 Å².